The van der Waals surface area contributed by atoms with E-state index in [1.807, 2.05) is 0 Å². The molecular weight excluding hydrogens is 334 g/mol. The molecule has 1 aromatic carbocycles. The fourth-order valence-corrected chi connectivity index (χ4v) is 2.99. The molecule has 9 heteroatoms. The van der Waals surface area contributed by atoms with Gasteiger partial charge in [0.2, 0.25) is 0 Å². The number of nitrogens with zero attached hydrogens (tertiary/aromatic N) is 2. The first-order valence-corrected chi connectivity index (χ1v) is 8.19. The summed E-state index contributed by atoms with van der Waals surface area (Å²) >= 11 is 1.31. The van der Waals surface area contributed by atoms with Gasteiger partial charge in [0.25, 0.3) is 11.6 Å². The largest absolute Gasteiger partial charge is 0.376 e. The van der Waals surface area contributed by atoms with Crippen LogP contribution in [0.3, 0.4) is 0 Å². The van der Waals surface area contributed by atoms with Crippen LogP contribution in [0.15, 0.2) is 29.6 Å². The predicted molar refractivity (Wildman–Crippen MR) is 87.1 cm³/mol. The van der Waals surface area contributed by atoms with Crippen molar-refractivity contribution in [3.05, 3.63) is 45.5 Å². The fourth-order valence-electron chi connectivity index (χ4n) is 2.19. The second-order valence-electron chi connectivity index (χ2n) is 5.12. The average Bonchev–Trinajstić information content (AvgIpc) is 3.11. The van der Waals surface area contributed by atoms with Crippen LogP contribution < -0.4 is 5.32 Å². The van der Waals surface area contributed by atoms with Gasteiger partial charge in [-0.25, -0.2) is 4.98 Å². The quantitative estimate of drug-likeness (QED) is 0.653. The maximum absolute atomic E-state index is 12.1. The van der Waals surface area contributed by atoms with Gasteiger partial charge in [0.1, 0.15) is 10.7 Å². The van der Waals surface area contributed by atoms with Crippen molar-refractivity contribution in [2.45, 2.75) is 6.10 Å². The molecule has 8 nitrogen and oxygen atoms in total. The lowest BCUT2D eigenvalue weighted by Gasteiger charge is -2.22. The molecule has 1 fully saturated rings. The summed E-state index contributed by atoms with van der Waals surface area (Å²) in [4.78, 5) is 26.6. The molecule has 1 unspecified atom stereocenters. The van der Waals surface area contributed by atoms with Crippen molar-refractivity contribution in [3.63, 3.8) is 0 Å². The summed E-state index contributed by atoms with van der Waals surface area (Å²) < 4.78 is 10.7. The van der Waals surface area contributed by atoms with E-state index >= 15 is 0 Å². The van der Waals surface area contributed by atoms with Gasteiger partial charge in [0.15, 0.2) is 0 Å². The number of rotatable bonds is 5. The van der Waals surface area contributed by atoms with E-state index in [0.29, 0.717) is 37.1 Å². The van der Waals surface area contributed by atoms with Crippen molar-refractivity contribution >= 4 is 22.9 Å². The molecule has 0 bridgehead atoms. The lowest BCUT2D eigenvalue weighted by Crippen LogP contribution is -2.39. The van der Waals surface area contributed by atoms with E-state index in [0.717, 1.165) is 5.56 Å². The number of ether oxygens (including phenoxy) is 2. The number of nitrogens with one attached hydrogen (secondary N) is 1. The number of carbonyl (C=O) groups excluding carboxylic acids is 1. The molecule has 1 aliphatic heterocycles. The number of thiazole rings is 1. The topological polar surface area (TPSA) is 104 Å². The Kier molecular flexibility index (Phi) is 5.14. The minimum atomic E-state index is -0.457. The third-order valence-electron chi connectivity index (χ3n) is 3.44. The van der Waals surface area contributed by atoms with Gasteiger partial charge in [-0.3, -0.25) is 14.9 Å². The smallest absolute Gasteiger partial charge is 0.270 e. The summed E-state index contributed by atoms with van der Waals surface area (Å²) in [5.41, 5.74) is 1.06. The molecule has 24 heavy (non-hydrogen) atoms. The first kappa shape index (κ1) is 16.5. The molecule has 1 aromatic heterocycles. The zero-order valence-corrected chi connectivity index (χ0v) is 13.5. The number of nitro groups is 1. The molecule has 1 saturated heterocycles. The Labute approximate surface area is 141 Å². The van der Waals surface area contributed by atoms with E-state index < -0.39 is 4.92 Å². The molecule has 1 N–H and O–H groups in total. The second kappa shape index (κ2) is 7.47. The minimum Gasteiger partial charge on any atom is -0.376 e. The van der Waals surface area contributed by atoms with Crippen molar-refractivity contribution in [3.8, 4) is 10.6 Å². The predicted octanol–water partition coefficient (Wildman–Crippen LogP) is 1.86. The summed E-state index contributed by atoms with van der Waals surface area (Å²) in [6.45, 7) is 1.94. The van der Waals surface area contributed by atoms with Crippen LogP contribution in [0.1, 0.15) is 10.5 Å². The molecular formula is C15H15N3O5S. The highest BCUT2D eigenvalue weighted by Crippen LogP contribution is 2.25. The highest BCUT2D eigenvalue weighted by Gasteiger charge is 2.17. The van der Waals surface area contributed by atoms with Gasteiger partial charge in [0.05, 0.1) is 30.8 Å². The SMILES string of the molecule is O=C(NCC1COCCO1)c1csc(-c2ccc([N+](=O)[O-])cc2)n1. The van der Waals surface area contributed by atoms with Gasteiger partial charge in [-0.2, -0.15) is 0 Å². The molecule has 126 valence electrons. The molecule has 1 atom stereocenters. The minimum absolute atomic E-state index is 0.0166. The Morgan fingerprint density at radius 3 is 2.83 bits per heavy atom. The van der Waals surface area contributed by atoms with Gasteiger partial charge < -0.3 is 14.8 Å². The maximum atomic E-state index is 12.1. The number of aromatic nitrogens is 1. The van der Waals surface area contributed by atoms with Crippen LogP contribution in [0.4, 0.5) is 5.69 Å². The summed E-state index contributed by atoms with van der Waals surface area (Å²) in [5, 5.41) is 15.7. The van der Waals surface area contributed by atoms with E-state index in [1.165, 1.54) is 23.5 Å². The molecule has 0 saturated carbocycles. The Balaban J connectivity index is 1.61. The summed E-state index contributed by atoms with van der Waals surface area (Å²) in [6, 6.07) is 6.06. The number of hydrogen-bond acceptors (Lipinski definition) is 7. The number of carbonyl (C=O) groups is 1. The van der Waals surface area contributed by atoms with Crippen molar-refractivity contribution in [2.24, 2.45) is 0 Å². The third kappa shape index (κ3) is 3.94. The summed E-state index contributed by atoms with van der Waals surface area (Å²) in [7, 11) is 0. The number of amides is 1. The first-order chi connectivity index (χ1) is 11.6. The number of nitro benzene ring substituents is 1. The van der Waals surface area contributed by atoms with Crippen LogP contribution in [-0.2, 0) is 9.47 Å². The molecule has 0 spiro atoms. The van der Waals surface area contributed by atoms with Gasteiger partial charge in [-0.05, 0) is 12.1 Å². The number of non-ortho nitro benzene ring substituents is 1. The highest BCUT2D eigenvalue weighted by molar-refractivity contribution is 7.13. The Hall–Kier alpha value is -2.36. The highest BCUT2D eigenvalue weighted by atomic mass is 32.1. The zero-order valence-electron chi connectivity index (χ0n) is 12.6. The fraction of sp³-hybridized carbons (Fsp3) is 0.333. The molecule has 1 aliphatic rings. The molecule has 2 aromatic rings. The molecule has 0 aliphatic carbocycles. The maximum Gasteiger partial charge on any atom is 0.270 e. The zero-order chi connectivity index (χ0) is 16.9. The lowest BCUT2D eigenvalue weighted by atomic mass is 10.2. The van der Waals surface area contributed by atoms with Gasteiger partial charge in [-0.1, -0.05) is 0 Å². The van der Waals surface area contributed by atoms with Gasteiger partial charge in [0, 0.05) is 29.6 Å². The van der Waals surface area contributed by atoms with Crippen LogP contribution >= 0.6 is 11.3 Å². The monoisotopic (exact) mass is 349 g/mol. The van der Waals surface area contributed by atoms with Crippen molar-refractivity contribution < 1.29 is 19.2 Å². The first-order valence-electron chi connectivity index (χ1n) is 7.31. The summed E-state index contributed by atoms with van der Waals surface area (Å²) in [5.74, 6) is -0.284. The van der Waals surface area contributed by atoms with Crippen LogP contribution in [0, 0.1) is 10.1 Å². The van der Waals surface area contributed by atoms with Crippen molar-refractivity contribution in [1.82, 2.24) is 10.3 Å². The van der Waals surface area contributed by atoms with E-state index in [-0.39, 0.29) is 17.7 Å². The second-order valence-corrected chi connectivity index (χ2v) is 5.98. The Bertz CT molecular complexity index is 725. The van der Waals surface area contributed by atoms with E-state index in [2.05, 4.69) is 10.3 Å². The Morgan fingerprint density at radius 1 is 1.38 bits per heavy atom. The van der Waals surface area contributed by atoms with E-state index in [1.54, 1.807) is 17.5 Å². The van der Waals surface area contributed by atoms with Gasteiger partial charge >= 0.3 is 0 Å². The van der Waals surface area contributed by atoms with Crippen molar-refractivity contribution in [1.29, 1.82) is 0 Å². The normalized spacial score (nSPS) is 17.4. The van der Waals surface area contributed by atoms with Crippen LogP contribution in [0.5, 0.6) is 0 Å². The molecule has 1 amide bonds. The molecule has 0 radical (unpaired) electrons. The van der Waals surface area contributed by atoms with Crippen LogP contribution in [-0.4, -0.2) is 48.3 Å². The van der Waals surface area contributed by atoms with Crippen LogP contribution in [0.2, 0.25) is 0 Å². The number of hydrogen-bond donors (Lipinski definition) is 1. The van der Waals surface area contributed by atoms with Gasteiger partial charge in [-0.15, -0.1) is 11.3 Å². The van der Waals surface area contributed by atoms with E-state index in [9.17, 15) is 14.9 Å². The van der Waals surface area contributed by atoms with E-state index in [4.69, 9.17) is 9.47 Å². The Morgan fingerprint density at radius 2 is 2.17 bits per heavy atom. The molecule has 3 rings (SSSR count). The summed E-state index contributed by atoms with van der Waals surface area (Å²) in [6.07, 6.45) is -0.143. The lowest BCUT2D eigenvalue weighted by molar-refractivity contribution is -0.384. The number of benzene rings is 1. The average molecular weight is 349 g/mol. The standard InChI is InChI=1S/C15H15N3O5S/c19-14(16-7-12-8-22-5-6-23-12)13-9-24-15(17-13)10-1-3-11(4-2-10)18(20)21/h1-4,9,12H,5-8H2,(H,16,19). The van der Waals surface area contributed by atoms with Crippen molar-refractivity contribution in [2.75, 3.05) is 26.4 Å². The molecule has 2 heterocycles. The third-order valence-corrected chi connectivity index (χ3v) is 4.33. The van der Waals surface area contributed by atoms with Crippen LogP contribution in [0.25, 0.3) is 10.6 Å².